The molecule has 8 aromatic carbocycles. The Morgan fingerprint density at radius 3 is 1.98 bits per heavy atom. The normalized spacial score (nSPS) is 12.2. The molecule has 4 aromatic heterocycles. The molecule has 0 aliphatic rings. The van der Waals surface area contributed by atoms with Crippen molar-refractivity contribution in [1.29, 1.82) is 0 Å². The zero-order valence-corrected chi connectivity index (χ0v) is 29.2. The lowest BCUT2D eigenvalue weighted by Gasteiger charge is -2.12. The second kappa shape index (κ2) is 10.8. The van der Waals surface area contributed by atoms with Gasteiger partial charge in [0.2, 0.25) is 5.95 Å². The standard InChI is InChI=1S/C48H28N4S/c1-3-14-30(15-4-1)45-35-20-9-11-21-39(35)49-48(50-45)52-42-28-41-37(33-19-10-12-22-40(33)51(41)31-16-5-2-6-17-31)27-38(42)34-24-25-36-44-32-18-8-7-13-29(32)23-26-43(44)53-47(36)46(34)52/h1-28H. The number of fused-ring (bicyclic) bond motifs is 13. The van der Waals surface area contributed by atoms with Gasteiger partial charge < -0.3 is 4.57 Å². The average molecular weight is 693 g/mol. The summed E-state index contributed by atoms with van der Waals surface area (Å²) in [6.45, 7) is 0. The first-order valence-corrected chi connectivity index (χ1v) is 18.7. The fourth-order valence-corrected chi connectivity index (χ4v) is 9.86. The number of benzene rings is 8. The van der Waals surface area contributed by atoms with E-state index >= 15 is 0 Å². The summed E-state index contributed by atoms with van der Waals surface area (Å²) in [5, 5.41) is 11.0. The summed E-state index contributed by atoms with van der Waals surface area (Å²) >= 11 is 1.86. The molecule has 246 valence electrons. The summed E-state index contributed by atoms with van der Waals surface area (Å²) in [4.78, 5) is 10.8. The number of rotatable bonds is 3. The predicted octanol–water partition coefficient (Wildman–Crippen LogP) is 13.0. The number of thiophene rings is 1. The van der Waals surface area contributed by atoms with Gasteiger partial charge in [-0.3, -0.25) is 4.57 Å². The van der Waals surface area contributed by atoms with E-state index < -0.39 is 0 Å². The Bertz CT molecular complexity index is 3450. The molecule has 4 heterocycles. The predicted molar refractivity (Wildman–Crippen MR) is 224 cm³/mol. The van der Waals surface area contributed by atoms with E-state index in [4.69, 9.17) is 9.97 Å². The van der Waals surface area contributed by atoms with E-state index in [1.807, 2.05) is 11.3 Å². The van der Waals surface area contributed by atoms with E-state index in [2.05, 4.69) is 179 Å². The Morgan fingerprint density at radius 2 is 1.11 bits per heavy atom. The molecule has 12 aromatic rings. The first-order chi connectivity index (χ1) is 26.3. The molecule has 5 heteroatoms. The monoisotopic (exact) mass is 692 g/mol. The highest BCUT2D eigenvalue weighted by Crippen LogP contribution is 2.46. The van der Waals surface area contributed by atoms with Crippen LogP contribution in [0.5, 0.6) is 0 Å². The van der Waals surface area contributed by atoms with Gasteiger partial charge in [0.1, 0.15) is 0 Å². The van der Waals surface area contributed by atoms with Crippen molar-refractivity contribution in [2.45, 2.75) is 0 Å². The van der Waals surface area contributed by atoms with Gasteiger partial charge >= 0.3 is 0 Å². The topological polar surface area (TPSA) is 35.6 Å². The van der Waals surface area contributed by atoms with Gasteiger partial charge in [0, 0.05) is 53.7 Å². The lowest BCUT2D eigenvalue weighted by atomic mass is 10.0. The fourth-order valence-electron chi connectivity index (χ4n) is 8.60. The van der Waals surface area contributed by atoms with Crippen molar-refractivity contribution in [3.05, 3.63) is 170 Å². The molecule has 0 amide bonds. The molecule has 0 atom stereocenters. The molecule has 0 saturated carbocycles. The summed E-state index contributed by atoms with van der Waals surface area (Å²) in [5.74, 6) is 0.666. The van der Waals surface area contributed by atoms with Gasteiger partial charge in [-0.25, -0.2) is 9.97 Å². The van der Waals surface area contributed by atoms with E-state index in [1.54, 1.807) is 0 Å². The van der Waals surface area contributed by atoms with Crippen LogP contribution in [0.25, 0.3) is 108 Å². The van der Waals surface area contributed by atoms with E-state index in [0.29, 0.717) is 5.95 Å². The van der Waals surface area contributed by atoms with Crippen LogP contribution in [0.3, 0.4) is 0 Å². The van der Waals surface area contributed by atoms with Crippen molar-refractivity contribution >= 4 is 96.8 Å². The van der Waals surface area contributed by atoms with Crippen LogP contribution >= 0.6 is 11.3 Å². The molecule has 4 nitrogen and oxygen atoms in total. The maximum Gasteiger partial charge on any atom is 0.235 e. The van der Waals surface area contributed by atoms with E-state index in [0.717, 1.165) is 44.4 Å². The number of para-hydroxylation sites is 3. The lowest BCUT2D eigenvalue weighted by Crippen LogP contribution is -2.03. The smallest absolute Gasteiger partial charge is 0.235 e. The molecule has 53 heavy (non-hydrogen) atoms. The van der Waals surface area contributed by atoms with E-state index in [-0.39, 0.29) is 0 Å². The van der Waals surface area contributed by atoms with Crippen molar-refractivity contribution in [3.8, 4) is 22.9 Å². The van der Waals surface area contributed by atoms with Crippen molar-refractivity contribution in [1.82, 2.24) is 19.1 Å². The van der Waals surface area contributed by atoms with Gasteiger partial charge in [-0.1, -0.05) is 127 Å². The maximum absolute atomic E-state index is 5.48. The Balaban J connectivity index is 1.30. The van der Waals surface area contributed by atoms with Crippen LogP contribution in [-0.2, 0) is 0 Å². The SMILES string of the molecule is c1ccc(-c2nc(-n3c4cc5c(cc4c4ccc6c(sc7ccc8ccccc8c76)c43)c3ccccc3n5-c3ccccc3)nc3ccccc23)cc1. The maximum atomic E-state index is 5.48. The lowest BCUT2D eigenvalue weighted by molar-refractivity contribution is 1.02. The summed E-state index contributed by atoms with van der Waals surface area (Å²) in [6, 6.07) is 61.0. The van der Waals surface area contributed by atoms with Crippen LogP contribution in [0.1, 0.15) is 0 Å². The van der Waals surface area contributed by atoms with Gasteiger partial charge in [0.25, 0.3) is 0 Å². The van der Waals surface area contributed by atoms with Gasteiger partial charge in [-0.2, -0.15) is 0 Å². The average Bonchev–Trinajstić information content (AvgIpc) is 3.88. The van der Waals surface area contributed by atoms with Gasteiger partial charge in [-0.15, -0.1) is 11.3 Å². The third-order valence-electron chi connectivity index (χ3n) is 10.9. The largest absolute Gasteiger partial charge is 0.309 e. The molecule has 0 aliphatic heterocycles. The summed E-state index contributed by atoms with van der Waals surface area (Å²) < 4.78 is 7.25. The molecular weight excluding hydrogens is 665 g/mol. The molecule has 0 unspecified atom stereocenters. The second-order valence-electron chi connectivity index (χ2n) is 13.8. The van der Waals surface area contributed by atoms with Crippen molar-refractivity contribution in [2.75, 3.05) is 0 Å². The van der Waals surface area contributed by atoms with Crippen LogP contribution in [0.15, 0.2) is 170 Å². The van der Waals surface area contributed by atoms with Crippen molar-refractivity contribution in [3.63, 3.8) is 0 Å². The van der Waals surface area contributed by atoms with Crippen LogP contribution in [0, 0.1) is 0 Å². The van der Waals surface area contributed by atoms with E-state index in [9.17, 15) is 0 Å². The minimum atomic E-state index is 0.666. The molecule has 0 spiro atoms. The molecule has 0 fully saturated rings. The second-order valence-corrected chi connectivity index (χ2v) is 14.8. The molecule has 0 bridgehead atoms. The molecule has 0 N–H and O–H groups in total. The Hall–Kier alpha value is -6.82. The van der Waals surface area contributed by atoms with Crippen molar-refractivity contribution in [2.24, 2.45) is 0 Å². The van der Waals surface area contributed by atoms with Gasteiger partial charge in [0.15, 0.2) is 0 Å². The molecule has 0 radical (unpaired) electrons. The summed E-state index contributed by atoms with van der Waals surface area (Å²) in [7, 11) is 0. The first-order valence-electron chi connectivity index (χ1n) is 17.9. The Labute approximate surface area is 307 Å². The number of nitrogens with zero attached hydrogens (tertiary/aromatic N) is 4. The van der Waals surface area contributed by atoms with Crippen molar-refractivity contribution < 1.29 is 0 Å². The van der Waals surface area contributed by atoms with Crippen LogP contribution < -0.4 is 0 Å². The van der Waals surface area contributed by atoms with Crippen LogP contribution in [-0.4, -0.2) is 19.1 Å². The molecule has 0 aliphatic carbocycles. The highest BCUT2D eigenvalue weighted by Gasteiger charge is 2.23. The number of hydrogen-bond donors (Lipinski definition) is 0. The fraction of sp³-hybridized carbons (Fsp3) is 0. The molecule has 0 saturated heterocycles. The third kappa shape index (κ3) is 4.05. The van der Waals surface area contributed by atoms with Crippen LogP contribution in [0.2, 0.25) is 0 Å². The zero-order valence-electron chi connectivity index (χ0n) is 28.4. The number of hydrogen-bond acceptors (Lipinski definition) is 3. The number of aromatic nitrogens is 4. The Kier molecular flexibility index (Phi) is 5.90. The highest BCUT2D eigenvalue weighted by molar-refractivity contribution is 7.26. The summed E-state index contributed by atoms with van der Waals surface area (Å²) in [6.07, 6.45) is 0. The first kappa shape index (κ1) is 28.8. The van der Waals surface area contributed by atoms with Gasteiger partial charge in [0.05, 0.1) is 38.0 Å². The molecular formula is C48H28N4S. The summed E-state index contributed by atoms with van der Waals surface area (Å²) in [5.41, 5.74) is 8.60. The third-order valence-corrected chi connectivity index (χ3v) is 12.1. The highest BCUT2D eigenvalue weighted by atomic mass is 32.1. The minimum absolute atomic E-state index is 0.666. The Morgan fingerprint density at radius 1 is 0.434 bits per heavy atom. The van der Waals surface area contributed by atoms with Crippen LogP contribution in [0.4, 0.5) is 0 Å². The van der Waals surface area contributed by atoms with E-state index in [1.165, 1.54) is 58.0 Å². The quantitative estimate of drug-likeness (QED) is 0.185. The van der Waals surface area contributed by atoms with Gasteiger partial charge in [-0.05, 0) is 53.2 Å². The molecule has 12 rings (SSSR count). The minimum Gasteiger partial charge on any atom is -0.309 e. The zero-order chi connectivity index (χ0) is 34.6.